The molecule has 1 heterocycles. The Bertz CT molecular complexity index is 404. The van der Waals surface area contributed by atoms with Gasteiger partial charge in [-0.2, -0.15) is 0 Å². The van der Waals surface area contributed by atoms with Crippen molar-refractivity contribution in [3.8, 4) is 0 Å². The highest BCUT2D eigenvalue weighted by Crippen LogP contribution is 2.31. The van der Waals surface area contributed by atoms with Crippen molar-refractivity contribution in [2.75, 3.05) is 26.2 Å². The van der Waals surface area contributed by atoms with Crippen LogP contribution >= 0.6 is 24.8 Å². The summed E-state index contributed by atoms with van der Waals surface area (Å²) in [7, 11) is 0. The number of nitrogens with zero attached hydrogens (tertiary/aromatic N) is 1. The highest BCUT2D eigenvalue weighted by Gasteiger charge is 2.27. The Morgan fingerprint density at radius 1 is 1.10 bits per heavy atom. The zero-order valence-electron chi connectivity index (χ0n) is 12.4. The summed E-state index contributed by atoms with van der Waals surface area (Å²) in [5, 5.41) is 3.27. The summed E-state index contributed by atoms with van der Waals surface area (Å²) in [6.07, 6.45) is 0.776. The molecule has 1 fully saturated rings. The molecule has 122 valence electrons. The number of hydrogen-bond donors (Lipinski definition) is 1. The molecule has 1 saturated heterocycles. The summed E-state index contributed by atoms with van der Waals surface area (Å²) in [6.45, 7) is 7.62. The molecule has 1 aliphatic rings. The summed E-state index contributed by atoms with van der Waals surface area (Å²) in [5.74, 6) is -0.452. The molecule has 1 N–H and O–H groups in total. The maximum atomic E-state index is 14.0. The van der Waals surface area contributed by atoms with E-state index in [-0.39, 0.29) is 36.4 Å². The average molecular weight is 341 g/mol. The van der Waals surface area contributed by atoms with E-state index < -0.39 is 11.6 Å². The van der Waals surface area contributed by atoms with Crippen molar-refractivity contribution in [2.24, 2.45) is 5.92 Å². The predicted molar refractivity (Wildman–Crippen MR) is 87.5 cm³/mol. The van der Waals surface area contributed by atoms with Gasteiger partial charge in [-0.1, -0.05) is 19.9 Å². The second-order valence-corrected chi connectivity index (χ2v) is 5.57. The van der Waals surface area contributed by atoms with Crippen LogP contribution in [-0.4, -0.2) is 31.1 Å². The number of halogens is 4. The minimum atomic E-state index is -0.427. The molecule has 1 aromatic carbocycles. The number of hydrogen-bond acceptors (Lipinski definition) is 2. The van der Waals surface area contributed by atoms with Crippen molar-refractivity contribution in [1.82, 2.24) is 10.2 Å². The van der Waals surface area contributed by atoms with Crippen LogP contribution in [0.5, 0.6) is 0 Å². The van der Waals surface area contributed by atoms with Crippen LogP contribution in [-0.2, 0) is 0 Å². The van der Waals surface area contributed by atoms with Crippen molar-refractivity contribution < 1.29 is 8.78 Å². The van der Waals surface area contributed by atoms with Gasteiger partial charge in [0, 0.05) is 37.8 Å². The van der Waals surface area contributed by atoms with Crippen LogP contribution in [0.1, 0.15) is 31.9 Å². The number of benzene rings is 1. The van der Waals surface area contributed by atoms with Crippen molar-refractivity contribution >= 4 is 24.8 Å². The molecule has 6 heteroatoms. The quantitative estimate of drug-likeness (QED) is 0.896. The Balaban J connectivity index is 0.00000200. The summed E-state index contributed by atoms with van der Waals surface area (Å²) in [5.41, 5.74) is 0.234. The summed E-state index contributed by atoms with van der Waals surface area (Å²) >= 11 is 0. The van der Waals surface area contributed by atoms with E-state index in [4.69, 9.17) is 0 Å². The Morgan fingerprint density at radius 3 is 2.10 bits per heavy atom. The number of nitrogens with one attached hydrogen (secondary N) is 1. The van der Waals surface area contributed by atoms with Gasteiger partial charge >= 0.3 is 0 Å². The van der Waals surface area contributed by atoms with Gasteiger partial charge in [-0.25, -0.2) is 8.78 Å². The van der Waals surface area contributed by atoms with Crippen LogP contribution in [0.4, 0.5) is 8.78 Å². The molecular weight excluding hydrogens is 317 g/mol. The van der Waals surface area contributed by atoms with Crippen LogP contribution in [0.3, 0.4) is 0 Å². The molecule has 2 nitrogen and oxygen atoms in total. The molecule has 0 radical (unpaired) electrons. The molecule has 0 aliphatic carbocycles. The third kappa shape index (κ3) is 5.37. The van der Waals surface area contributed by atoms with E-state index in [1.165, 1.54) is 18.2 Å². The Labute approximate surface area is 138 Å². The smallest absolute Gasteiger partial charge is 0.130 e. The fourth-order valence-electron chi connectivity index (χ4n) is 2.72. The SMILES string of the molecule is CC(C)C[C@H](c1c(F)cccc1F)N1CCNCC1.Cl.Cl. The van der Waals surface area contributed by atoms with Gasteiger partial charge in [0.25, 0.3) is 0 Å². The zero-order valence-corrected chi connectivity index (χ0v) is 14.1. The summed E-state index contributed by atoms with van der Waals surface area (Å²) in [4.78, 5) is 2.19. The topological polar surface area (TPSA) is 15.3 Å². The third-order valence-corrected chi connectivity index (χ3v) is 3.62. The fraction of sp³-hybridized carbons (Fsp3) is 0.600. The van der Waals surface area contributed by atoms with E-state index in [1.54, 1.807) is 0 Å². The summed E-state index contributed by atoms with van der Waals surface area (Å²) in [6, 6.07) is 3.98. The van der Waals surface area contributed by atoms with Crippen molar-refractivity contribution in [3.05, 3.63) is 35.4 Å². The molecule has 1 aliphatic heterocycles. The minimum absolute atomic E-state index is 0. The molecular formula is C15H24Cl2F2N2. The standard InChI is InChI=1S/C15H22F2N2.2ClH/c1-11(2)10-14(19-8-6-18-7-9-19)15-12(16)4-3-5-13(15)17;;/h3-5,11,14,18H,6-10H2,1-2H3;2*1H/t14-;;/m1../s1. The van der Waals surface area contributed by atoms with Gasteiger partial charge in [0.05, 0.1) is 0 Å². The second-order valence-electron chi connectivity index (χ2n) is 5.57. The molecule has 0 saturated carbocycles. The lowest BCUT2D eigenvalue weighted by molar-refractivity contribution is 0.147. The monoisotopic (exact) mass is 340 g/mol. The van der Waals surface area contributed by atoms with Crippen molar-refractivity contribution in [1.29, 1.82) is 0 Å². The molecule has 0 amide bonds. The van der Waals surface area contributed by atoms with E-state index in [1.807, 2.05) is 0 Å². The third-order valence-electron chi connectivity index (χ3n) is 3.62. The van der Waals surface area contributed by atoms with Crippen LogP contribution < -0.4 is 5.32 Å². The molecule has 1 aromatic rings. The van der Waals surface area contributed by atoms with Gasteiger partial charge in [-0.3, -0.25) is 4.90 Å². The first-order chi connectivity index (χ1) is 9.09. The maximum Gasteiger partial charge on any atom is 0.130 e. The molecule has 0 spiro atoms. The van der Waals surface area contributed by atoms with Crippen molar-refractivity contribution in [3.63, 3.8) is 0 Å². The van der Waals surface area contributed by atoms with Crippen LogP contribution in [0.2, 0.25) is 0 Å². The van der Waals surface area contributed by atoms with E-state index in [2.05, 4.69) is 24.1 Å². The molecule has 21 heavy (non-hydrogen) atoms. The zero-order chi connectivity index (χ0) is 13.8. The summed E-state index contributed by atoms with van der Waals surface area (Å²) < 4.78 is 28.0. The van der Waals surface area contributed by atoms with Crippen molar-refractivity contribution in [2.45, 2.75) is 26.3 Å². The number of rotatable bonds is 4. The second kappa shape index (κ2) is 9.57. The van der Waals surface area contributed by atoms with Gasteiger partial charge in [0.15, 0.2) is 0 Å². The lowest BCUT2D eigenvalue weighted by atomic mass is 9.94. The normalized spacial score (nSPS) is 17.0. The first-order valence-electron chi connectivity index (χ1n) is 6.98. The lowest BCUT2D eigenvalue weighted by Crippen LogP contribution is -2.45. The molecule has 0 unspecified atom stereocenters. The minimum Gasteiger partial charge on any atom is -0.314 e. The Kier molecular flexibility index (Phi) is 9.38. The van der Waals surface area contributed by atoms with Gasteiger partial charge in [0.1, 0.15) is 11.6 Å². The predicted octanol–water partition coefficient (Wildman–Crippen LogP) is 3.80. The van der Waals surface area contributed by atoms with Gasteiger partial charge in [-0.05, 0) is 24.5 Å². The Hall–Kier alpha value is -0.420. The lowest BCUT2D eigenvalue weighted by Gasteiger charge is -2.36. The van der Waals surface area contributed by atoms with Gasteiger partial charge in [0.2, 0.25) is 0 Å². The van der Waals surface area contributed by atoms with Crippen LogP contribution in [0.25, 0.3) is 0 Å². The van der Waals surface area contributed by atoms with Gasteiger partial charge in [-0.15, -0.1) is 24.8 Å². The molecule has 0 aromatic heterocycles. The van der Waals surface area contributed by atoms with E-state index in [9.17, 15) is 8.78 Å². The molecule has 2 rings (SSSR count). The van der Waals surface area contributed by atoms with E-state index >= 15 is 0 Å². The first-order valence-corrected chi connectivity index (χ1v) is 6.98. The fourth-order valence-corrected chi connectivity index (χ4v) is 2.72. The number of piperazine rings is 1. The Morgan fingerprint density at radius 2 is 1.62 bits per heavy atom. The highest BCUT2D eigenvalue weighted by atomic mass is 35.5. The average Bonchev–Trinajstić information content (AvgIpc) is 2.38. The maximum absolute atomic E-state index is 14.0. The highest BCUT2D eigenvalue weighted by molar-refractivity contribution is 5.85. The van der Waals surface area contributed by atoms with Crippen LogP contribution in [0.15, 0.2) is 18.2 Å². The molecule has 1 atom stereocenters. The van der Waals surface area contributed by atoms with Crippen LogP contribution in [0, 0.1) is 17.6 Å². The first kappa shape index (κ1) is 20.6. The largest absolute Gasteiger partial charge is 0.314 e. The van der Waals surface area contributed by atoms with E-state index in [0.29, 0.717) is 5.92 Å². The molecule has 0 bridgehead atoms. The van der Waals surface area contributed by atoms with Gasteiger partial charge < -0.3 is 5.32 Å². The van der Waals surface area contributed by atoms with E-state index in [0.717, 1.165) is 32.6 Å².